The molecule has 0 bridgehead atoms. The zero-order valence-electron chi connectivity index (χ0n) is 15.6. The maximum atomic E-state index is 13.5. The minimum Gasteiger partial charge on any atom is -0.385 e. The molecule has 0 spiro atoms. The van der Waals surface area contributed by atoms with Crippen molar-refractivity contribution in [1.29, 1.82) is 0 Å². The van der Waals surface area contributed by atoms with E-state index < -0.39 is 0 Å². The number of pyridine rings is 1. The van der Waals surface area contributed by atoms with Crippen LogP contribution in [0.15, 0.2) is 46.7 Å². The van der Waals surface area contributed by atoms with Gasteiger partial charge in [0.1, 0.15) is 5.82 Å². The molecule has 28 heavy (non-hydrogen) atoms. The second-order valence-corrected chi connectivity index (χ2v) is 8.62. The summed E-state index contributed by atoms with van der Waals surface area (Å²) in [5.41, 5.74) is 3.74. The molecule has 3 heterocycles. The molecule has 2 N–H and O–H groups in total. The van der Waals surface area contributed by atoms with E-state index in [0.29, 0.717) is 6.04 Å². The van der Waals surface area contributed by atoms with Gasteiger partial charge in [0.25, 0.3) is 0 Å². The fourth-order valence-corrected chi connectivity index (χ4v) is 5.14. The second-order valence-electron chi connectivity index (χ2n) is 6.56. The number of aryl methyl sites for hydroxylation is 1. The van der Waals surface area contributed by atoms with Crippen molar-refractivity contribution in [3.05, 3.63) is 47.9 Å². The summed E-state index contributed by atoms with van der Waals surface area (Å²) in [4.78, 5) is 16.9. The molecule has 8 heteroatoms. The highest BCUT2D eigenvalue weighted by molar-refractivity contribution is 8.16. The number of aromatic nitrogens is 3. The van der Waals surface area contributed by atoms with E-state index in [0.717, 1.165) is 63.5 Å². The van der Waals surface area contributed by atoms with Gasteiger partial charge in [0.15, 0.2) is 10.8 Å². The molecule has 0 aliphatic carbocycles. The van der Waals surface area contributed by atoms with Gasteiger partial charge in [0, 0.05) is 29.9 Å². The summed E-state index contributed by atoms with van der Waals surface area (Å²) in [6.07, 6.45) is 3.58. The molecule has 0 amide bonds. The van der Waals surface area contributed by atoms with E-state index >= 15 is 0 Å². The number of hydrogen-bond donors (Lipinski definition) is 2. The van der Waals surface area contributed by atoms with Crippen LogP contribution in [0, 0.1) is 5.82 Å². The maximum Gasteiger partial charge on any atom is 0.178 e. The van der Waals surface area contributed by atoms with E-state index in [-0.39, 0.29) is 5.82 Å². The third-order valence-corrected chi connectivity index (χ3v) is 6.78. The molecule has 1 unspecified atom stereocenters. The van der Waals surface area contributed by atoms with E-state index in [1.54, 1.807) is 24.0 Å². The second kappa shape index (κ2) is 8.96. The van der Waals surface area contributed by atoms with Crippen LogP contribution in [0.3, 0.4) is 0 Å². The minimum absolute atomic E-state index is 0.200. The summed E-state index contributed by atoms with van der Waals surface area (Å²) in [6.45, 7) is 2.87. The summed E-state index contributed by atoms with van der Waals surface area (Å²) in [5.74, 6) is 1.62. The first-order chi connectivity index (χ1) is 13.7. The number of fused-ring (bicyclic) bond motifs is 1. The number of benzene rings is 1. The number of rotatable bonds is 8. The molecule has 1 aliphatic rings. The number of aromatic amines is 1. The molecule has 0 fully saturated rings. The Kier molecular flexibility index (Phi) is 6.17. The Morgan fingerprint density at radius 1 is 1.36 bits per heavy atom. The molecule has 0 saturated carbocycles. The van der Waals surface area contributed by atoms with Crippen molar-refractivity contribution in [2.75, 3.05) is 23.4 Å². The molecule has 1 aromatic carbocycles. The lowest BCUT2D eigenvalue weighted by Gasteiger charge is -2.12. The molecule has 4 rings (SSSR count). The van der Waals surface area contributed by atoms with Gasteiger partial charge in [-0.1, -0.05) is 24.8 Å². The largest absolute Gasteiger partial charge is 0.385 e. The van der Waals surface area contributed by atoms with Gasteiger partial charge in [0.2, 0.25) is 0 Å². The molecule has 0 radical (unpaired) electrons. The van der Waals surface area contributed by atoms with Gasteiger partial charge in [-0.2, -0.15) is 0 Å². The van der Waals surface area contributed by atoms with Crippen LogP contribution in [0.5, 0.6) is 0 Å². The van der Waals surface area contributed by atoms with Crippen molar-refractivity contribution in [2.24, 2.45) is 4.99 Å². The van der Waals surface area contributed by atoms with Gasteiger partial charge in [-0.3, -0.25) is 4.99 Å². The first kappa shape index (κ1) is 19.3. The Morgan fingerprint density at radius 3 is 3.14 bits per heavy atom. The highest BCUT2D eigenvalue weighted by Crippen LogP contribution is 2.26. The Morgan fingerprint density at radius 2 is 2.29 bits per heavy atom. The topological polar surface area (TPSA) is 66.0 Å². The lowest BCUT2D eigenvalue weighted by molar-refractivity contribution is 0.627. The standard InChI is InChI=1S/C20H22FN5S2/c1-2-13-5-6-14(21)10-17(13)22-9-7-15-11-27-18(24-15)12-28-20-25-16-4-3-8-23-19(16)26-20/h3-6,8,10,15,22H,2,7,9,11-12H2,1H3,(H,23,25,26). The molecule has 1 aliphatic heterocycles. The van der Waals surface area contributed by atoms with Gasteiger partial charge < -0.3 is 10.3 Å². The zero-order valence-corrected chi connectivity index (χ0v) is 17.2. The summed E-state index contributed by atoms with van der Waals surface area (Å²) in [7, 11) is 0. The van der Waals surface area contributed by atoms with Crippen LogP contribution in [0.25, 0.3) is 11.2 Å². The first-order valence-electron chi connectivity index (χ1n) is 9.36. The Labute approximate surface area is 172 Å². The molecule has 3 aromatic rings. The summed E-state index contributed by atoms with van der Waals surface area (Å²) < 4.78 is 13.5. The number of nitrogens with one attached hydrogen (secondary N) is 2. The Balaban J connectivity index is 1.26. The van der Waals surface area contributed by atoms with Crippen LogP contribution in [0.1, 0.15) is 18.9 Å². The van der Waals surface area contributed by atoms with Crippen molar-refractivity contribution in [2.45, 2.75) is 31.0 Å². The third kappa shape index (κ3) is 4.67. The zero-order chi connectivity index (χ0) is 19.3. The van der Waals surface area contributed by atoms with E-state index in [1.165, 1.54) is 6.07 Å². The molecular weight excluding hydrogens is 393 g/mol. The van der Waals surface area contributed by atoms with E-state index in [1.807, 2.05) is 30.0 Å². The number of hydrogen-bond acceptors (Lipinski definition) is 6. The average molecular weight is 416 g/mol. The van der Waals surface area contributed by atoms with Crippen LogP contribution in [0.4, 0.5) is 10.1 Å². The number of halogens is 1. The van der Waals surface area contributed by atoms with Crippen LogP contribution >= 0.6 is 23.5 Å². The van der Waals surface area contributed by atoms with Crippen LogP contribution in [-0.2, 0) is 6.42 Å². The number of imidazole rings is 1. The normalized spacial score (nSPS) is 16.5. The SMILES string of the molecule is CCc1ccc(F)cc1NCCC1CSC(CSc2nc3ncccc3[nH]2)=N1. The van der Waals surface area contributed by atoms with E-state index in [9.17, 15) is 4.39 Å². The van der Waals surface area contributed by atoms with Crippen molar-refractivity contribution in [1.82, 2.24) is 15.0 Å². The molecule has 146 valence electrons. The smallest absolute Gasteiger partial charge is 0.178 e. The lowest BCUT2D eigenvalue weighted by Crippen LogP contribution is -2.13. The van der Waals surface area contributed by atoms with Crippen LogP contribution < -0.4 is 5.32 Å². The fraction of sp³-hybridized carbons (Fsp3) is 0.350. The Hall–Kier alpha value is -2.06. The monoisotopic (exact) mass is 415 g/mol. The highest BCUT2D eigenvalue weighted by atomic mass is 32.2. The minimum atomic E-state index is -0.200. The van der Waals surface area contributed by atoms with Crippen molar-refractivity contribution in [3.63, 3.8) is 0 Å². The van der Waals surface area contributed by atoms with Crippen LogP contribution in [-0.4, -0.2) is 44.1 Å². The molecule has 2 aromatic heterocycles. The predicted molar refractivity (Wildman–Crippen MR) is 117 cm³/mol. The summed E-state index contributed by atoms with van der Waals surface area (Å²) in [5, 5.41) is 5.41. The molecule has 5 nitrogen and oxygen atoms in total. The lowest BCUT2D eigenvalue weighted by atomic mass is 10.1. The van der Waals surface area contributed by atoms with Gasteiger partial charge >= 0.3 is 0 Å². The molecule has 0 saturated heterocycles. The van der Waals surface area contributed by atoms with Gasteiger partial charge in [0.05, 0.1) is 16.6 Å². The summed E-state index contributed by atoms with van der Waals surface area (Å²) >= 11 is 3.47. The third-order valence-electron chi connectivity index (χ3n) is 4.58. The fourth-order valence-electron chi connectivity index (χ4n) is 3.11. The number of nitrogens with zero attached hydrogens (tertiary/aromatic N) is 3. The number of aliphatic imine (C=N–C) groups is 1. The van der Waals surface area contributed by atoms with Gasteiger partial charge in [-0.05, 0) is 42.7 Å². The number of thioether (sulfide) groups is 2. The highest BCUT2D eigenvalue weighted by Gasteiger charge is 2.18. The molecular formula is C20H22FN5S2. The van der Waals surface area contributed by atoms with E-state index in [4.69, 9.17) is 4.99 Å². The number of anilines is 1. The summed E-state index contributed by atoms with van der Waals surface area (Å²) in [6, 6.07) is 9.14. The van der Waals surface area contributed by atoms with Crippen LogP contribution in [0.2, 0.25) is 0 Å². The van der Waals surface area contributed by atoms with Crippen molar-refractivity contribution >= 4 is 45.4 Å². The predicted octanol–water partition coefficient (Wildman–Crippen LogP) is 4.77. The quantitative estimate of drug-likeness (QED) is 0.519. The first-order valence-corrected chi connectivity index (χ1v) is 11.3. The van der Waals surface area contributed by atoms with Crippen molar-refractivity contribution in [3.8, 4) is 0 Å². The van der Waals surface area contributed by atoms with Gasteiger partial charge in [-0.15, -0.1) is 11.8 Å². The maximum absolute atomic E-state index is 13.5. The van der Waals surface area contributed by atoms with Gasteiger partial charge in [-0.25, -0.2) is 14.4 Å². The molecule has 1 atom stereocenters. The van der Waals surface area contributed by atoms with Crippen molar-refractivity contribution < 1.29 is 4.39 Å². The Bertz CT molecular complexity index is 955. The average Bonchev–Trinajstić information content (AvgIpc) is 3.33. The number of H-pyrrole nitrogens is 1. The van der Waals surface area contributed by atoms with E-state index in [2.05, 4.69) is 27.2 Å².